The molecule has 0 radical (unpaired) electrons. The average molecular weight is 452 g/mol. The summed E-state index contributed by atoms with van der Waals surface area (Å²) in [6.07, 6.45) is 4.19. The molecule has 0 saturated carbocycles. The van der Waals surface area contributed by atoms with Gasteiger partial charge < -0.3 is 19.2 Å². The number of aromatic amines is 1. The molecule has 170 valence electrons. The minimum atomic E-state index is 0.403. The number of hydrogen-bond donors (Lipinski definition) is 1. The lowest BCUT2D eigenvalue weighted by Gasteiger charge is -2.16. The molecular weight excluding hydrogens is 426 g/mol. The Balaban J connectivity index is 1.70. The third-order valence-electron chi connectivity index (χ3n) is 5.34. The SMILES string of the molecule is C=CCc1cc(/C=C(/C#N)c2nc3ccc(OC)cc3[nH]2)cc(OC)c1OCc1ccccc1. The number of allylic oxidation sites excluding steroid dienone is 2. The molecule has 0 aliphatic rings. The molecule has 34 heavy (non-hydrogen) atoms. The van der Waals surface area contributed by atoms with Gasteiger partial charge in [-0.25, -0.2) is 4.98 Å². The van der Waals surface area contributed by atoms with Gasteiger partial charge in [-0.2, -0.15) is 5.26 Å². The molecule has 1 heterocycles. The molecule has 0 bridgehead atoms. The fraction of sp³-hybridized carbons (Fsp3) is 0.143. The van der Waals surface area contributed by atoms with Crippen LogP contribution in [0.1, 0.15) is 22.5 Å². The maximum absolute atomic E-state index is 9.86. The van der Waals surface area contributed by atoms with Crippen LogP contribution in [0, 0.1) is 11.3 Å². The molecule has 6 nitrogen and oxygen atoms in total. The Labute approximate surface area is 198 Å². The summed E-state index contributed by atoms with van der Waals surface area (Å²) in [5.41, 5.74) is 4.74. The van der Waals surface area contributed by atoms with Crippen molar-refractivity contribution in [2.45, 2.75) is 13.0 Å². The van der Waals surface area contributed by atoms with Crippen molar-refractivity contribution < 1.29 is 14.2 Å². The summed E-state index contributed by atoms with van der Waals surface area (Å²) in [5, 5.41) is 9.86. The van der Waals surface area contributed by atoms with Gasteiger partial charge in [0.2, 0.25) is 0 Å². The molecule has 0 aliphatic heterocycles. The molecule has 4 aromatic rings. The van der Waals surface area contributed by atoms with Gasteiger partial charge in [0.05, 0.1) is 30.8 Å². The Bertz CT molecular complexity index is 1380. The lowest BCUT2D eigenvalue weighted by molar-refractivity contribution is 0.282. The molecular formula is C28H25N3O3. The number of H-pyrrole nitrogens is 1. The molecule has 3 aromatic carbocycles. The maximum Gasteiger partial charge on any atom is 0.165 e. The summed E-state index contributed by atoms with van der Waals surface area (Å²) in [6.45, 7) is 4.29. The molecule has 0 amide bonds. The number of benzene rings is 3. The van der Waals surface area contributed by atoms with Crippen molar-refractivity contribution in [1.29, 1.82) is 5.26 Å². The minimum absolute atomic E-state index is 0.403. The molecule has 1 N–H and O–H groups in total. The predicted octanol–water partition coefficient (Wildman–Crippen LogP) is 5.95. The monoisotopic (exact) mass is 451 g/mol. The van der Waals surface area contributed by atoms with E-state index in [1.807, 2.05) is 66.7 Å². The smallest absolute Gasteiger partial charge is 0.165 e. The van der Waals surface area contributed by atoms with Crippen molar-refractivity contribution in [2.24, 2.45) is 0 Å². The summed E-state index contributed by atoms with van der Waals surface area (Å²) in [6, 6.07) is 21.6. The van der Waals surface area contributed by atoms with E-state index in [1.54, 1.807) is 20.3 Å². The van der Waals surface area contributed by atoms with Gasteiger partial charge >= 0.3 is 0 Å². The van der Waals surface area contributed by atoms with E-state index in [0.717, 1.165) is 33.5 Å². The van der Waals surface area contributed by atoms with Gasteiger partial charge in [-0.05, 0) is 47.9 Å². The number of nitrogens with one attached hydrogen (secondary N) is 1. The largest absolute Gasteiger partial charge is 0.497 e. The predicted molar refractivity (Wildman–Crippen MR) is 134 cm³/mol. The lowest BCUT2D eigenvalue weighted by atomic mass is 10.0. The van der Waals surface area contributed by atoms with Crippen molar-refractivity contribution in [3.63, 3.8) is 0 Å². The van der Waals surface area contributed by atoms with Gasteiger partial charge in [-0.15, -0.1) is 6.58 Å². The number of fused-ring (bicyclic) bond motifs is 1. The van der Waals surface area contributed by atoms with Crippen molar-refractivity contribution in [3.05, 3.63) is 95.8 Å². The first-order valence-electron chi connectivity index (χ1n) is 10.8. The Morgan fingerprint density at radius 1 is 1.09 bits per heavy atom. The van der Waals surface area contributed by atoms with E-state index in [0.29, 0.717) is 35.9 Å². The van der Waals surface area contributed by atoms with Crippen LogP contribution in [0.2, 0.25) is 0 Å². The number of nitrogens with zero attached hydrogens (tertiary/aromatic N) is 2. The summed E-state index contributed by atoms with van der Waals surface area (Å²) in [7, 11) is 3.22. The second-order valence-corrected chi connectivity index (χ2v) is 7.62. The van der Waals surface area contributed by atoms with E-state index in [-0.39, 0.29) is 0 Å². The van der Waals surface area contributed by atoms with Crippen molar-refractivity contribution in [3.8, 4) is 23.3 Å². The van der Waals surface area contributed by atoms with Crippen LogP contribution >= 0.6 is 0 Å². The highest BCUT2D eigenvalue weighted by Crippen LogP contribution is 2.35. The van der Waals surface area contributed by atoms with Crippen molar-refractivity contribution >= 4 is 22.7 Å². The van der Waals surface area contributed by atoms with Crippen LogP contribution < -0.4 is 14.2 Å². The Morgan fingerprint density at radius 2 is 1.91 bits per heavy atom. The van der Waals surface area contributed by atoms with Gasteiger partial charge in [0.25, 0.3) is 0 Å². The molecule has 0 aliphatic carbocycles. The number of hydrogen-bond acceptors (Lipinski definition) is 5. The summed E-state index contributed by atoms with van der Waals surface area (Å²) < 4.78 is 17.1. The van der Waals surface area contributed by atoms with E-state index in [9.17, 15) is 5.26 Å². The number of rotatable bonds is 9. The van der Waals surface area contributed by atoms with Crippen LogP contribution in [0.15, 0.2) is 73.3 Å². The van der Waals surface area contributed by atoms with Gasteiger partial charge in [0.15, 0.2) is 11.5 Å². The zero-order chi connectivity index (χ0) is 23.9. The van der Waals surface area contributed by atoms with Crippen LogP contribution in [0.25, 0.3) is 22.7 Å². The molecule has 6 heteroatoms. The van der Waals surface area contributed by atoms with Crippen molar-refractivity contribution in [1.82, 2.24) is 9.97 Å². The molecule has 0 saturated heterocycles. The third kappa shape index (κ3) is 4.94. The highest BCUT2D eigenvalue weighted by Gasteiger charge is 2.14. The summed E-state index contributed by atoms with van der Waals surface area (Å²) in [4.78, 5) is 7.77. The second-order valence-electron chi connectivity index (χ2n) is 7.62. The summed E-state index contributed by atoms with van der Waals surface area (Å²) in [5.74, 6) is 2.46. The fourth-order valence-corrected chi connectivity index (χ4v) is 3.68. The maximum atomic E-state index is 9.86. The van der Waals surface area contributed by atoms with Crippen molar-refractivity contribution in [2.75, 3.05) is 14.2 Å². The molecule has 1 aromatic heterocycles. The minimum Gasteiger partial charge on any atom is -0.497 e. The van der Waals surface area contributed by atoms with Gasteiger partial charge in [-0.1, -0.05) is 36.4 Å². The molecule has 0 fully saturated rings. The van der Waals surface area contributed by atoms with E-state index in [2.05, 4.69) is 22.6 Å². The topological polar surface area (TPSA) is 80.2 Å². The second kappa shape index (κ2) is 10.4. The van der Waals surface area contributed by atoms with Crippen LogP contribution in [0.5, 0.6) is 17.2 Å². The summed E-state index contributed by atoms with van der Waals surface area (Å²) >= 11 is 0. The van der Waals surface area contributed by atoms with E-state index < -0.39 is 0 Å². The number of ether oxygens (including phenoxy) is 3. The Kier molecular flexibility index (Phi) is 6.95. The van der Waals surface area contributed by atoms with Gasteiger partial charge in [-0.3, -0.25) is 0 Å². The van der Waals surface area contributed by atoms with Gasteiger partial charge in [0.1, 0.15) is 24.3 Å². The van der Waals surface area contributed by atoms with Crippen LogP contribution in [0.4, 0.5) is 0 Å². The first-order valence-corrected chi connectivity index (χ1v) is 10.8. The normalized spacial score (nSPS) is 11.1. The molecule has 0 spiro atoms. The first-order chi connectivity index (χ1) is 16.6. The zero-order valence-corrected chi connectivity index (χ0v) is 19.2. The Hall–Kier alpha value is -4.50. The fourth-order valence-electron chi connectivity index (χ4n) is 3.68. The number of aromatic nitrogens is 2. The third-order valence-corrected chi connectivity index (χ3v) is 5.34. The number of nitriles is 1. The molecule has 0 atom stereocenters. The average Bonchev–Trinajstić information content (AvgIpc) is 3.30. The van der Waals surface area contributed by atoms with E-state index in [1.165, 1.54) is 0 Å². The first kappa shape index (κ1) is 22.7. The number of methoxy groups -OCH3 is 2. The highest BCUT2D eigenvalue weighted by atomic mass is 16.5. The molecule has 4 rings (SSSR count). The van der Waals surface area contributed by atoms with Crippen LogP contribution in [-0.4, -0.2) is 24.2 Å². The quantitative estimate of drug-likeness (QED) is 0.251. The standard InChI is InChI=1S/C28H25N3O3/c1-4-8-21-13-20(15-26(33-3)27(21)34-18-19-9-6-5-7-10-19)14-22(17-29)28-30-24-12-11-23(32-2)16-25(24)31-28/h4-7,9-16H,1,8,18H2,2-3H3,(H,30,31)/b22-14-. The Morgan fingerprint density at radius 3 is 2.62 bits per heavy atom. The number of imidazole rings is 1. The zero-order valence-electron chi connectivity index (χ0n) is 19.2. The van der Waals surface area contributed by atoms with E-state index >= 15 is 0 Å². The van der Waals surface area contributed by atoms with Crippen LogP contribution in [0.3, 0.4) is 0 Å². The van der Waals surface area contributed by atoms with Gasteiger partial charge in [0, 0.05) is 11.6 Å². The highest BCUT2D eigenvalue weighted by molar-refractivity contribution is 5.91. The van der Waals surface area contributed by atoms with Crippen LogP contribution in [-0.2, 0) is 13.0 Å². The molecule has 0 unspecified atom stereocenters. The lowest BCUT2D eigenvalue weighted by Crippen LogP contribution is -2.01. The van der Waals surface area contributed by atoms with E-state index in [4.69, 9.17) is 14.2 Å².